The summed E-state index contributed by atoms with van der Waals surface area (Å²) in [6, 6.07) is 11.6. The molecule has 1 aromatic carbocycles. The second-order valence-electron chi connectivity index (χ2n) is 6.05. The van der Waals surface area contributed by atoms with E-state index in [0.29, 0.717) is 17.9 Å². The number of hydrogen-bond donors (Lipinski definition) is 1. The van der Waals surface area contributed by atoms with E-state index in [1.165, 1.54) is 0 Å². The Morgan fingerprint density at radius 2 is 2.08 bits per heavy atom. The Bertz CT molecular complexity index is 721. The van der Waals surface area contributed by atoms with Crippen molar-refractivity contribution in [3.63, 3.8) is 0 Å². The maximum absolute atomic E-state index is 12.3. The normalized spacial score (nSPS) is 16.6. The largest absolute Gasteiger partial charge is 0.493 e. The van der Waals surface area contributed by atoms with Crippen molar-refractivity contribution in [2.24, 2.45) is 0 Å². The molecule has 1 saturated heterocycles. The van der Waals surface area contributed by atoms with Gasteiger partial charge in [0.25, 0.3) is 0 Å². The van der Waals surface area contributed by atoms with E-state index in [9.17, 15) is 4.79 Å². The third-order valence-electron chi connectivity index (χ3n) is 4.34. The van der Waals surface area contributed by atoms with Crippen LogP contribution in [0.5, 0.6) is 11.5 Å². The number of pyridine rings is 1. The van der Waals surface area contributed by atoms with E-state index in [1.807, 2.05) is 36.4 Å². The highest BCUT2D eigenvalue weighted by Gasteiger charge is 2.24. The van der Waals surface area contributed by atoms with Crippen molar-refractivity contribution in [3.8, 4) is 11.5 Å². The molecule has 0 saturated carbocycles. The fraction of sp³-hybridized carbons (Fsp3) is 0.368. The molecule has 132 valence electrons. The molecule has 1 amide bonds. The van der Waals surface area contributed by atoms with Gasteiger partial charge in [-0.2, -0.15) is 0 Å². The van der Waals surface area contributed by atoms with Crippen LogP contribution in [-0.2, 0) is 11.2 Å². The first-order valence-corrected chi connectivity index (χ1v) is 8.36. The van der Waals surface area contributed by atoms with Gasteiger partial charge in [-0.3, -0.25) is 4.79 Å². The second-order valence-corrected chi connectivity index (χ2v) is 6.05. The standard InChI is InChI=1S/C19H23N3O3/c1-24-16-7-6-14(11-17(16)25-2)12-19(23)21-15-8-10-22(13-15)18-5-3-4-9-20-18/h3-7,9,11,15H,8,10,12-13H2,1-2H3,(H,21,23). The number of hydrogen-bond acceptors (Lipinski definition) is 5. The van der Waals surface area contributed by atoms with Crippen molar-refractivity contribution in [2.45, 2.75) is 18.9 Å². The third kappa shape index (κ3) is 4.21. The minimum absolute atomic E-state index is 0.0140. The van der Waals surface area contributed by atoms with Gasteiger partial charge < -0.3 is 19.7 Å². The van der Waals surface area contributed by atoms with Crippen LogP contribution in [0.4, 0.5) is 5.82 Å². The zero-order valence-corrected chi connectivity index (χ0v) is 14.6. The zero-order chi connectivity index (χ0) is 17.6. The van der Waals surface area contributed by atoms with Gasteiger partial charge >= 0.3 is 0 Å². The van der Waals surface area contributed by atoms with Crippen LogP contribution in [0.1, 0.15) is 12.0 Å². The summed E-state index contributed by atoms with van der Waals surface area (Å²) in [5.41, 5.74) is 0.898. The number of anilines is 1. The van der Waals surface area contributed by atoms with Crippen molar-refractivity contribution >= 4 is 11.7 Å². The third-order valence-corrected chi connectivity index (χ3v) is 4.34. The Balaban J connectivity index is 1.55. The molecule has 0 aliphatic carbocycles. The van der Waals surface area contributed by atoms with Gasteiger partial charge in [-0.05, 0) is 36.2 Å². The highest BCUT2D eigenvalue weighted by Crippen LogP contribution is 2.27. The van der Waals surface area contributed by atoms with Crippen molar-refractivity contribution in [2.75, 3.05) is 32.2 Å². The minimum atomic E-state index is 0.0140. The minimum Gasteiger partial charge on any atom is -0.493 e. The Kier molecular flexibility index (Phi) is 5.38. The number of nitrogens with one attached hydrogen (secondary N) is 1. The lowest BCUT2D eigenvalue weighted by molar-refractivity contribution is -0.121. The van der Waals surface area contributed by atoms with Gasteiger partial charge in [0.15, 0.2) is 11.5 Å². The SMILES string of the molecule is COc1ccc(CC(=O)NC2CCN(c3ccccn3)C2)cc1OC. The fourth-order valence-electron chi connectivity index (χ4n) is 3.08. The monoisotopic (exact) mass is 341 g/mol. The molecule has 6 heteroatoms. The summed E-state index contributed by atoms with van der Waals surface area (Å²) in [5, 5.41) is 3.11. The average molecular weight is 341 g/mol. The number of methoxy groups -OCH3 is 2. The molecule has 1 fully saturated rings. The van der Waals surface area contributed by atoms with Gasteiger partial charge in [-0.25, -0.2) is 4.98 Å². The molecule has 0 bridgehead atoms. The summed E-state index contributed by atoms with van der Waals surface area (Å²) < 4.78 is 10.5. The van der Waals surface area contributed by atoms with E-state index >= 15 is 0 Å². The molecule has 6 nitrogen and oxygen atoms in total. The van der Waals surface area contributed by atoms with Crippen molar-refractivity contribution in [3.05, 3.63) is 48.2 Å². The van der Waals surface area contributed by atoms with Crippen molar-refractivity contribution < 1.29 is 14.3 Å². The molecule has 0 radical (unpaired) electrons. The Morgan fingerprint density at radius 3 is 2.80 bits per heavy atom. The lowest BCUT2D eigenvalue weighted by Crippen LogP contribution is -2.38. The van der Waals surface area contributed by atoms with Crippen LogP contribution in [0.3, 0.4) is 0 Å². The van der Waals surface area contributed by atoms with E-state index in [0.717, 1.165) is 30.9 Å². The van der Waals surface area contributed by atoms with Gasteiger partial charge in [-0.1, -0.05) is 12.1 Å². The number of aromatic nitrogens is 1. The molecule has 1 atom stereocenters. The lowest BCUT2D eigenvalue weighted by atomic mass is 10.1. The molecule has 1 N–H and O–H groups in total. The Morgan fingerprint density at radius 1 is 1.24 bits per heavy atom. The summed E-state index contributed by atoms with van der Waals surface area (Å²) in [4.78, 5) is 18.9. The van der Waals surface area contributed by atoms with Crippen LogP contribution in [0.15, 0.2) is 42.6 Å². The van der Waals surface area contributed by atoms with Crippen LogP contribution >= 0.6 is 0 Å². The molecule has 2 aromatic rings. The molecule has 1 unspecified atom stereocenters. The van der Waals surface area contributed by atoms with E-state index in [1.54, 1.807) is 20.4 Å². The Labute approximate surface area is 147 Å². The molecule has 3 rings (SSSR count). The van der Waals surface area contributed by atoms with Gasteiger partial charge in [0.05, 0.1) is 20.6 Å². The van der Waals surface area contributed by atoms with Crippen molar-refractivity contribution in [1.29, 1.82) is 0 Å². The predicted molar refractivity (Wildman–Crippen MR) is 96.2 cm³/mol. The summed E-state index contributed by atoms with van der Waals surface area (Å²) >= 11 is 0. The van der Waals surface area contributed by atoms with Gasteiger partial charge in [-0.15, -0.1) is 0 Å². The zero-order valence-electron chi connectivity index (χ0n) is 14.6. The second kappa shape index (κ2) is 7.88. The molecular weight excluding hydrogens is 318 g/mol. The summed E-state index contributed by atoms with van der Waals surface area (Å²) in [6.45, 7) is 1.69. The number of nitrogens with zero attached hydrogens (tertiary/aromatic N) is 2. The van der Waals surface area contributed by atoms with Gasteiger partial charge in [0.2, 0.25) is 5.91 Å². The first-order chi connectivity index (χ1) is 12.2. The van der Waals surface area contributed by atoms with Crippen molar-refractivity contribution in [1.82, 2.24) is 10.3 Å². The number of amides is 1. The molecular formula is C19H23N3O3. The summed E-state index contributed by atoms with van der Waals surface area (Å²) in [5.74, 6) is 2.27. The van der Waals surface area contributed by atoms with Crippen LogP contribution in [0.25, 0.3) is 0 Å². The molecule has 1 aliphatic heterocycles. The number of ether oxygens (including phenoxy) is 2. The van der Waals surface area contributed by atoms with Gasteiger partial charge in [0.1, 0.15) is 5.82 Å². The maximum Gasteiger partial charge on any atom is 0.224 e. The van der Waals surface area contributed by atoms with E-state index < -0.39 is 0 Å². The first kappa shape index (κ1) is 17.1. The summed E-state index contributed by atoms with van der Waals surface area (Å²) in [6.07, 6.45) is 3.03. The van der Waals surface area contributed by atoms with Gasteiger partial charge in [0, 0.05) is 25.3 Å². The average Bonchev–Trinajstić information content (AvgIpc) is 3.10. The van der Waals surface area contributed by atoms with E-state index in [4.69, 9.17) is 9.47 Å². The predicted octanol–water partition coefficient (Wildman–Crippen LogP) is 2.04. The first-order valence-electron chi connectivity index (χ1n) is 8.36. The molecule has 2 heterocycles. The number of carbonyl (C=O) groups is 1. The molecule has 1 aromatic heterocycles. The molecule has 1 aliphatic rings. The van der Waals surface area contributed by atoms with Crippen LogP contribution in [-0.4, -0.2) is 44.2 Å². The smallest absolute Gasteiger partial charge is 0.224 e. The number of benzene rings is 1. The number of carbonyl (C=O) groups excluding carboxylic acids is 1. The highest BCUT2D eigenvalue weighted by molar-refractivity contribution is 5.79. The lowest BCUT2D eigenvalue weighted by Gasteiger charge is -2.17. The summed E-state index contributed by atoms with van der Waals surface area (Å²) in [7, 11) is 3.18. The highest BCUT2D eigenvalue weighted by atomic mass is 16.5. The molecule has 25 heavy (non-hydrogen) atoms. The van der Waals surface area contributed by atoms with Crippen LogP contribution in [0, 0.1) is 0 Å². The topological polar surface area (TPSA) is 63.7 Å². The van der Waals surface area contributed by atoms with Crippen LogP contribution in [0.2, 0.25) is 0 Å². The number of rotatable bonds is 6. The maximum atomic E-state index is 12.3. The van der Waals surface area contributed by atoms with Crippen LogP contribution < -0.4 is 19.7 Å². The van der Waals surface area contributed by atoms with E-state index in [2.05, 4.69) is 15.2 Å². The fourth-order valence-corrected chi connectivity index (χ4v) is 3.08. The molecule has 0 spiro atoms. The quantitative estimate of drug-likeness (QED) is 0.871. The Hall–Kier alpha value is -2.76. The van der Waals surface area contributed by atoms with E-state index in [-0.39, 0.29) is 11.9 Å².